The summed E-state index contributed by atoms with van der Waals surface area (Å²) < 4.78 is 6.63. The summed E-state index contributed by atoms with van der Waals surface area (Å²) in [5, 5.41) is 2.22. The quantitative estimate of drug-likeness (QED) is 0.782. The van der Waals surface area contributed by atoms with Crippen molar-refractivity contribution in [2.24, 2.45) is 0 Å². The molecule has 0 atom stereocenters. The van der Waals surface area contributed by atoms with E-state index in [9.17, 15) is 0 Å². The molecule has 3 rings (SSSR count). The number of aromatic nitrogens is 2. The molecule has 19 heavy (non-hydrogen) atoms. The summed E-state index contributed by atoms with van der Waals surface area (Å²) >= 11 is 3.45. The van der Waals surface area contributed by atoms with Crippen LogP contribution < -0.4 is 10.5 Å². The van der Waals surface area contributed by atoms with Crippen LogP contribution in [0.25, 0.3) is 10.8 Å². The Morgan fingerprint density at radius 3 is 2.63 bits per heavy atom. The third-order valence-electron chi connectivity index (χ3n) is 2.64. The van der Waals surface area contributed by atoms with Crippen molar-refractivity contribution in [3.63, 3.8) is 0 Å². The van der Waals surface area contributed by atoms with Gasteiger partial charge in [0.1, 0.15) is 11.6 Å². The Morgan fingerprint density at radius 1 is 1.00 bits per heavy atom. The lowest BCUT2D eigenvalue weighted by molar-refractivity contribution is 0.443. The first-order valence-corrected chi connectivity index (χ1v) is 6.46. The lowest BCUT2D eigenvalue weighted by Gasteiger charge is -2.05. The topological polar surface area (TPSA) is 61.0 Å². The van der Waals surface area contributed by atoms with E-state index in [1.807, 2.05) is 30.3 Å². The maximum atomic E-state index is 5.58. The fraction of sp³-hybridized carbons (Fsp3) is 0. The van der Waals surface area contributed by atoms with Crippen molar-refractivity contribution in [3.05, 3.63) is 53.1 Å². The minimum absolute atomic E-state index is 0.247. The smallest absolute Gasteiger partial charge is 0.323 e. The fourth-order valence-electron chi connectivity index (χ4n) is 1.77. The van der Waals surface area contributed by atoms with Crippen molar-refractivity contribution in [1.82, 2.24) is 9.97 Å². The van der Waals surface area contributed by atoms with Gasteiger partial charge in [0.25, 0.3) is 0 Å². The van der Waals surface area contributed by atoms with Crippen molar-refractivity contribution >= 4 is 32.5 Å². The van der Waals surface area contributed by atoms with E-state index < -0.39 is 0 Å². The number of hydrogen-bond donors (Lipinski definition) is 1. The Bertz CT molecular complexity index is 746. The van der Waals surface area contributed by atoms with Crippen molar-refractivity contribution in [1.29, 1.82) is 0 Å². The molecular weight excluding hydrogens is 306 g/mol. The molecule has 0 radical (unpaired) electrons. The number of anilines is 1. The summed E-state index contributed by atoms with van der Waals surface area (Å²) in [7, 11) is 0. The lowest BCUT2D eigenvalue weighted by atomic mass is 10.1. The van der Waals surface area contributed by atoms with Gasteiger partial charge in [0.15, 0.2) is 0 Å². The summed E-state index contributed by atoms with van der Waals surface area (Å²) in [6.07, 6.45) is 1.57. The number of nitrogens with zero attached hydrogens (tertiary/aromatic N) is 2. The Labute approximate surface area is 118 Å². The molecule has 0 aliphatic rings. The molecule has 2 aromatic carbocycles. The van der Waals surface area contributed by atoms with Crippen LogP contribution in [0.5, 0.6) is 11.8 Å². The van der Waals surface area contributed by atoms with E-state index in [1.165, 1.54) is 0 Å². The maximum Gasteiger partial charge on any atom is 0.323 e. The van der Waals surface area contributed by atoms with E-state index in [0.717, 1.165) is 15.2 Å². The monoisotopic (exact) mass is 315 g/mol. The standard InChI is InChI=1S/C14H10BrN3O/c15-11-3-1-10-8-12(4-2-9(10)7-11)19-14-17-6-5-13(16)18-14/h1-8H,(H2,16,17,18). The summed E-state index contributed by atoms with van der Waals surface area (Å²) in [5.74, 6) is 1.06. The number of halogens is 1. The minimum Gasteiger partial charge on any atom is -0.424 e. The van der Waals surface area contributed by atoms with Crippen LogP contribution in [0.2, 0.25) is 0 Å². The third kappa shape index (κ3) is 2.66. The zero-order valence-corrected chi connectivity index (χ0v) is 11.5. The Hall–Kier alpha value is -2.14. The molecule has 2 N–H and O–H groups in total. The molecular formula is C14H10BrN3O. The van der Waals surface area contributed by atoms with E-state index >= 15 is 0 Å². The molecule has 0 saturated heterocycles. The van der Waals surface area contributed by atoms with Gasteiger partial charge >= 0.3 is 6.01 Å². The first-order valence-electron chi connectivity index (χ1n) is 5.66. The predicted molar refractivity (Wildman–Crippen MR) is 78.2 cm³/mol. The van der Waals surface area contributed by atoms with Gasteiger partial charge < -0.3 is 10.5 Å². The number of nitrogen functional groups attached to an aromatic ring is 1. The highest BCUT2D eigenvalue weighted by atomic mass is 79.9. The first-order chi connectivity index (χ1) is 9.20. The summed E-state index contributed by atoms with van der Waals surface area (Å²) in [4.78, 5) is 8.01. The van der Waals surface area contributed by atoms with Gasteiger partial charge in [-0.2, -0.15) is 4.98 Å². The zero-order valence-electron chi connectivity index (χ0n) is 9.88. The molecule has 0 aliphatic heterocycles. The largest absolute Gasteiger partial charge is 0.424 e. The van der Waals surface area contributed by atoms with E-state index in [-0.39, 0.29) is 6.01 Å². The number of rotatable bonds is 2. The molecule has 0 aliphatic carbocycles. The van der Waals surface area contributed by atoms with Crippen LogP contribution in [-0.4, -0.2) is 9.97 Å². The van der Waals surface area contributed by atoms with Crippen LogP contribution in [0.4, 0.5) is 5.82 Å². The van der Waals surface area contributed by atoms with E-state index in [0.29, 0.717) is 11.6 Å². The fourth-order valence-corrected chi connectivity index (χ4v) is 2.15. The highest BCUT2D eigenvalue weighted by Crippen LogP contribution is 2.26. The molecule has 3 aromatic rings. The number of fused-ring (bicyclic) bond motifs is 1. The van der Waals surface area contributed by atoms with Gasteiger partial charge in [-0.3, -0.25) is 0 Å². The molecule has 1 heterocycles. The Morgan fingerprint density at radius 2 is 1.79 bits per heavy atom. The average Bonchev–Trinajstić information content (AvgIpc) is 2.39. The molecule has 0 saturated carbocycles. The van der Waals surface area contributed by atoms with Gasteiger partial charge in [-0.1, -0.05) is 28.1 Å². The van der Waals surface area contributed by atoms with E-state index in [2.05, 4.69) is 32.0 Å². The number of ether oxygens (including phenoxy) is 1. The lowest BCUT2D eigenvalue weighted by Crippen LogP contribution is -1.95. The second-order valence-corrected chi connectivity index (χ2v) is 4.94. The Balaban J connectivity index is 1.95. The second-order valence-electron chi connectivity index (χ2n) is 4.02. The average molecular weight is 316 g/mol. The van der Waals surface area contributed by atoms with Gasteiger partial charge in [0.05, 0.1) is 0 Å². The van der Waals surface area contributed by atoms with Crippen molar-refractivity contribution < 1.29 is 4.74 Å². The molecule has 0 fully saturated rings. The highest BCUT2D eigenvalue weighted by molar-refractivity contribution is 9.10. The molecule has 4 nitrogen and oxygen atoms in total. The molecule has 1 aromatic heterocycles. The summed E-state index contributed by atoms with van der Waals surface area (Å²) in [6.45, 7) is 0. The molecule has 0 bridgehead atoms. The molecule has 94 valence electrons. The first kappa shape index (κ1) is 11.9. The van der Waals surface area contributed by atoms with Crippen LogP contribution in [0.1, 0.15) is 0 Å². The summed E-state index contributed by atoms with van der Waals surface area (Å²) in [5.41, 5.74) is 5.58. The SMILES string of the molecule is Nc1ccnc(Oc2ccc3cc(Br)ccc3c2)n1. The molecule has 5 heteroatoms. The van der Waals surface area contributed by atoms with Crippen LogP contribution in [-0.2, 0) is 0 Å². The third-order valence-corrected chi connectivity index (χ3v) is 3.13. The molecule has 0 amide bonds. The molecule has 0 spiro atoms. The highest BCUT2D eigenvalue weighted by Gasteiger charge is 2.02. The number of hydrogen-bond acceptors (Lipinski definition) is 4. The normalized spacial score (nSPS) is 10.6. The number of benzene rings is 2. The van der Waals surface area contributed by atoms with Gasteiger partial charge in [-0.25, -0.2) is 4.98 Å². The van der Waals surface area contributed by atoms with Gasteiger partial charge in [0.2, 0.25) is 0 Å². The van der Waals surface area contributed by atoms with Crippen molar-refractivity contribution in [2.45, 2.75) is 0 Å². The van der Waals surface area contributed by atoms with Gasteiger partial charge in [-0.15, -0.1) is 0 Å². The minimum atomic E-state index is 0.247. The summed E-state index contributed by atoms with van der Waals surface area (Å²) in [6, 6.07) is 13.7. The second kappa shape index (κ2) is 4.85. The van der Waals surface area contributed by atoms with Crippen molar-refractivity contribution in [3.8, 4) is 11.8 Å². The number of nitrogens with two attached hydrogens (primary N) is 1. The van der Waals surface area contributed by atoms with Gasteiger partial charge in [0, 0.05) is 10.7 Å². The zero-order chi connectivity index (χ0) is 13.2. The van der Waals surface area contributed by atoms with E-state index in [1.54, 1.807) is 12.3 Å². The maximum absolute atomic E-state index is 5.58. The van der Waals surface area contributed by atoms with Crippen LogP contribution >= 0.6 is 15.9 Å². The predicted octanol–water partition coefficient (Wildman–Crippen LogP) is 3.77. The van der Waals surface area contributed by atoms with Crippen LogP contribution in [0, 0.1) is 0 Å². The van der Waals surface area contributed by atoms with Crippen molar-refractivity contribution in [2.75, 3.05) is 5.73 Å². The van der Waals surface area contributed by atoms with Crippen LogP contribution in [0.15, 0.2) is 53.1 Å². The van der Waals surface area contributed by atoms with Crippen LogP contribution in [0.3, 0.4) is 0 Å². The van der Waals surface area contributed by atoms with Gasteiger partial charge in [-0.05, 0) is 41.1 Å². The molecule has 0 unspecified atom stereocenters. The Kier molecular flexibility index (Phi) is 3.05. The van der Waals surface area contributed by atoms with E-state index in [4.69, 9.17) is 10.5 Å².